The molecule has 0 fully saturated rings. The van der Waals surface area contributed by atoms with Gasteiger partial charge in [-0.15, -0.1) is 6.58 Å². The van der Waals surface area contributed by atoms with Crippen LogP contribution in [0.3, 0.4) is 0 Å². The third-order valence-electron chi connectivity index (χ3n) is 1.74. The highest BCUT2D eigenvalue weighted by Gasteiger charge is 2.04. The maximum Gasteiger partial charge on any atom is 0.251 e. The number of ether oxygens (including phenoxy) is 1. The van der Waals surface area contributed by atoms with Crippen molar-refractivity contribution in [2.75, 3.05) is 13.7 Å². The van der Waals surface area contributed by atoms with Gasteiger partial charge in [-0.2, -0.15) is 0 Å². The maximum absolute atomic E-state index is 11.5. The Morgan fingerprint density at radius 3 is 3.07 bits per heavy atom. The number of amides is 1. The van der Waals surface area contributed by atoms with Crippen molar-refractivity contribution in [2.24, 2.45) is 0 Å². The summed E-state index contributed by atoms with van der Waals surface area (Å²) in [6.45, 7) is 3.99. The first-order valence-corrected chi connectivity index (χ1v) is 4.31. The molecule has 74 valence electrons. The molecule has 0 unspecified atom stereocenters. The summed E-state index contributed by atoms with van der Waals surface area (Å²) in [6.07, 6.45) is 1.64. The highest BCUT2D eigenvalue weighted by Crippen LogP contribution is 2.11. The third-order valence-corrected chi connectivity index (χ3v) is 1.74. The molecular weight excluding hydrogens is 178 g/mol. The molecular formula is C11H13NO2. The summed E-state index contributed by atoms with van der Waals surface area (Å²) in [5, 5.41) is 2.69. The number of nitrogens with one attached hydrogen (secondary N) is 1. The van der Waals surface area contributed by atoms with Gasteiger partial charge in [0.05, 0.1) is 7.11 Å². The van der Waals surface area contributed by atoms with Crippen LogP contribution in [0.2, 0.25) is 0 Å². The van der Waals surface area contributed by atoms with Gasteiger partial charge < -0.3 is 10.1 Å². The van der Waals surface area contributed by atoms with Crippen LogP contribution in [0, 0.1) is 0 Å². The van der Waals surface area contributed by atoms with E-state index in [0.29, 0.717) is 17.9 Å². The molecule has 0 bridgehead atoms. The zero-order valence-electron chi connectivity index (χ0n) is 8.12. The molecule has 0 aliphatic rings. The van der Waals surface area contributed by atoms with Gasteiger partial charge in [-0.3, -0.25) is 4.79 Å². The molecule has 1 aromatic carbocycles. The number of methoxy groups -OCH3 is 1. The fourth-order valence-electron chi connectivity index (χ4n) is 1.03. The van der Waals surface area contributed by atoms with E-state index in [0.717, 1.165) is 0 Å². The second-order valence-corrected chi connectivity index (χ2v) is 2.73. The average molecular weight is 191 g/mol. The van der Waals surface area contributed by atoms with E-state index in [9.17, 15) is 4.79 Å². The second-order valence-electron chi connectivity index (χ2n) is 2.73. The number of carbonyl (C=O) groups excluding carboxylic acids is 1. The van der Waals surface area contributed by atoms with Crippen molar-refractivity contribution in [1.82, 2.24) is 5.32 Å². The summed E-state index contributed by atoms with van der Waals surface area (Å²) < 4.78 is 5.01. The SMILES string of the molecule is C=CCNC(=O)c1cccc(OC)c1. The molecule has 0 heterocycles. The fourth-order valence-corrected chi connectivity index (χ4v) is 1.03. The lowest BCUT2D eigenvalue weighted by atomic mass is 10.2. The minimum atomic E-state index is -0.121. The van der Waals surface area contributed by atoms with E-state index in [1.807, 2.05) is 0 Å². The van der Waals surface area contributed by atoms with Gasteiger partial charge in [0, 0.05) is 12.1 Å². The molecule has 0 aliphatic heterocycles. The molecule has 1 aromatic rings. The molecule has 1 rings (SSSR count). The van der Waals surface area contributed by atoms with Crippen LogP contribution in [0.25, 0.3) is 0 Å². The first-order valence-electron chi connectivity index (χ1n) is 4.31. The largest absolute Gasteiger partial charge is 0.497 e. The summed E-state index contributed by atoms with van der Waals surface area (Å²) in [5.41, 5.74) is 0.589. The lowest BCUT2D eigenvalue weighted by Crippen LogP contribution is -2.23. The predicted molar refractivity (Wildman–Crippen MR) is 55.5 cm³/mol. The molecule has 0 saturated carbocycles. The summed E-state index contributed by atoms with van der Waals surface area (Å²) in [4.78, 5) is 11.5. The molecule has 0 aliphatic carbocycles. The summed E-state index contributed by atoms with van der Waals surface area (Å²) in [6, 6.07) is 7.01. The molecule has 3 nitrogen and oxygen atoms in total. The van der Waals surface area contributed by atoms with E-state index in [1.165, 1.54) is 0 Å². The Labute approximate surface area is 83.4 Å². The van der Waals surface area contributed by atoms with Crippen LogP contribution in [0.4, 0.5) is 0 Å². The van der Waals surface area contributed by atoms with Gasteiger partial charge in [0.25, 0.3) is 5.91 Å². The highest BCUT2D eigenvalue weighted by molar-refractivity contribution is 5.94. The van der Waals surface area contributed by atoms with Crippen LogP contribution in [0.1, 0.15) is 10.4 Å². The first-order chi connectivity index (χ1) is 6.77. The van der Waals surface area contributed by atoms with Crippen molar-refractivity contribution in [3.63, 3.8) is 0 Å². The fraction of sp³-hybridized carbons (Fsp3) is 0.182. The second kappa shape index (κ2) is 5.07. The van der Waals surface area contributed by atoms with Crippen LogP contribution < -0.4 is 10.1 Å². The van der Waals surface area contributed by atoms with E-state index in [1.54, 1.807) is 37.5 Å². The Morgan fingerprint density at radius 1 is 1.64 bits per heavy atom. The van der Waals surface area contributed by atoms with Gasteiger partial charge in [-0.1, -0.05) is 12.1 Å². The van der Waals surface area contributed by atoms with E-state index in [2.05, 4.69) is 11.9 Å². The van der Waals surface area contributed by atoms with Crippen molar-refractivity contribution in [2.45, 2.75) is 0 Å². The number of hydrogen-bond acceptors (Lipinski definition) is 2. The Hall–Kier alpha value is -1.77. The van der Waals surface area contributed by atoms with Crippen LogP contribution in [0.15, 0.2) is 36.9 Å². The Balaban J connectivity index is 2.73. The minimum absolute atomic E-state index is 0.121. The van der Waals surface area contributed by atoms with Crippen molar-refractivity contribution < 1.29 is 9.53 Å². The molecule has 0 radical (unpaired) electrons. The van der Waals surface area contributed by atoms with Gasteiger partial charge in [0.1, 0.15) is 5.75 Å². The molecule has 1 amide bonds. The lowest BCUT2D eigenvalue weighted by Gasteiger charge is -2.04. The van der Waals surface area contributed by atoms with Gasteiger partial charge in [0.15, 0.2) is 0 Å². The molecule has 0 aromatic heterocycles. The van der Waals surface area contributed by atoms with E-state index < -0.39 is 0 Å². The van der Waals surface area contributed by atoms with E-state index in [4.69, 9.17) is 4.74 Å². The minimum Gasteiger partial charge on any atom is -0.497 e. The van der Waals surface area contributed by atoms with Gasteiger partial charge in [-0.25, -0.2) is 0 Å². The topological polar surface area (TPSA) is 38.3 Å². The van der Waals surface area contributed by atoms with Crippen molar-refractivity contribution in [3.05, 3.63) is 42.5 Å². The predicted octanol–water partition coefficient (Wildman–Crippen LogP) is 1.61. The summed E-state index contributed by atoms with van der Waals surface area (Å²) in [5.74, 6) is 0.556. The van der Waals surface area contributed by atoms with Gasteiger partial charge >= 0.3 is 0 Å². The van der Waals surface area contributed by atoms with Crippen molar-refractivity contribution in [3.8, 4) is 5.75 Å². The number of carbonyl (C=O) groups is 1. The summed E-state index contributed by atoms with van der Waals surface area (Å²) >= 11 is 0. The van der Waals surface area contributed by atoms with Crippen LogP contribution in [-0.4, -0.2) is 19.6 Å². The Bertz CT molecular complexity index is 334. The van der Waals surface area contributed by atoms with E-state index in [-0.39, 0.29) is 5.91 Å². The normalized spacial score (nSPS) is 9.21. The number of benzene rings is 1. The van der Waals surface area contributed by atoms with Crippen LogP contribution in [0.5, 0.6) is 5.75 Å². The van der Waals surface area contributed by atoms with E-state index >= 15 is 0 Å². The van der Waals surface area contributed by atoms with Crippen molar-refractivity contribution in [1.29, 1.82) is 0 Å². The quantitative estimate of drug-likeness (QED) is 0.734. The summed E-state index contributed by atoms with van der Waals surface area (Å²) in [7, 11) is 1.57. The third kappa shape index (κ3) is 2.62. The molecule has 0 atom stereocenters. The first kappa shape index (κ1) is 10.3. The lowest BCUT2D eigenvalue weighted by molar-refractivity contribution is 0.0957. The van der Waals surface area contributed by atoms with Gasteiger partial charge in [0.2, 0.25) is 0 Å². The molecule has 0 saturated heterocycles. The molecule has 3 heteroatoms. The Morgan fingerprint density at radius 2 is 2.43 bits per heavy atom. The number of hydrogen-bond donors (Lipinski definition) is 1. The van der Waals surface area contributed by atoms with Crippen molar-refractivity contribution >= 4 is 5.91 Å². The monoisotopic (exact) mass is 191 g/mol. The maximum atomic E-state index is 11.5. The average Bonchev–Trinajstić information content (AvgIpc) is 2.26. The van der Waals surface area contributed by atoms with Gasteiger partial charge in [-0.05, 0) is 18.2 Å². The standard InChI is InChI=1S/C11H13NO2/c1-3-7-12-11(13)9-5-4-6-10(8-9)14-2/h3-6,8H,1,7H2,2H3,(H,12,13). The van der Waals surface area contributed by atoms with Crippen LogP contribution in [-0.2, 0) is 0 Å². The van der Waals surface area contributed by atoms with Crippen LogP contribution >= 0.6 is 0 Å². The molecule has 1 N–H and O–H groups in total. The smallest absolute Gasteiger partial charge is 0.251 e. The zero-order chi connectivity index (χ0) is 10.4. The zero-order valence-corrected chi connectivity index (χ0v) is 8.12. The number of rotatable bonds is 4. The molecule has 0 spiro atoms. The Kier molecular flexibility index (Phi) is 3.73. The molecule has 14 heavy (non-hydrogen) atoms. The highest BCUT2D eigenvalue weighted by atomic mass is 16.5.